The summed E-state index contributed by atoms with van der Waals surface area (Å²) < 4.78 is 2.05. The molecule has 1 aromatic heterocycles. The number of rotatable bonds is 2. The van der Waals surface area contributed by atoms with Crippen LogP contribution < -0.4 is 5.32 Å². The third-order valence-electron chi connectivity index (χ3n) is 3.07. The zero-order chi connectivity index (χ0) is 14.8. The van der Waals surface area contributed by atoms with Crippen molar-refractivity contribution in [2.24, 2.45) is 0 Å². The molecule has 0 aliphatic carbocycles. The van der Waals surface area contributed by atoms with Crippen LogP contribution in [0.5, 0.6) is 0 Å². The summed E-state index contributed by atoms with van der Waals surface area (Å²) in [5, 5.41) is 3.96. The molecule has 0 radical (unpaired) electrons. The lowest BCUT2D eigenvalue weighted by Gasteiger charge is -2.09. The van der Waals surface area contributed by atoms with E-state index in [0.717, 1.165) is 24.6 Å². The smallest absolute Gasteiger partial charge is 0.255 e. The molecule has 0 unspecified atom stereocenters. The normalized spacial score (nSPS) is 10.6. The van der Waals surface area contributed by atoms with Crippen molar-refractivity contribution in [3.63, 3.8) is 0 Å². The second-order valence-electron chi connectivity index (χ2n) is 4.46. The van der Waals surface area contributed by atoms with Gasteiger partial charge in [0, 0.05) is 25.2 Å². The van der Waals surface area contributed by atoms with Crippen molar-refractivity contribution >= 4 is 61.0 Å². The first-order valence-corrected chi connectivity index (χ1v) is 8.12. The van der Waals surface area contributed by atoms with Gasteiger partial charge in [0.1, 0.15) is 0 Å². The van der Waals surface area contributed by atoms with Crippen molar-refractivity contribution in [1.82, 2.24) is 4.98 Å². The van der Waals surface area contributed by atoms with Crippen LogP contribution in [0, 0.1) is 3.57 Å². The van der Waals surface area contributed by atoms with E-state index in [2.05, 4.69) is 48.8 Å². The second kappa shape index (κ2) is 6.11. The number of hydrogen-bond donors (Lipinski definition) is 1. The number of carbonyl (C=O) groups excluding carboxylic acids is 1. The van der Waals surface area contributed by atoms with Gasteiger partial charge >= 0.3 is 0 Å². The third-order valence-corrected chi connectivity index (χ3v) is 4.54. The number of aromatic nitrogens is 1. The SMILES string of the molecule is O=C(Nc1ccc(I)c2cccnc12)c1ccc(Br)cc1. The van der Waals surface area contributed by atoms with Gasteiger partial charge in [-0.05, 0) is 65.1 Å². The van der Waals surface area contributed by atoms with Crippen LogP contribution in [0.3, 0.4) is 0 Å². The Balaban J connectivity index is 1.97. The average Bonchev–Trinajstić information content (AvgIpc) is 2.51. The number of fused-ring (bicyclic) bond motifs is 1. The summed E-state index contributed by atoms with van der Waals surface area (Å²) in [5.74, 6) is -0.143. The molecule has 21 heavy (non-hydrogen) atoms. The Hall–Kier alpha value is -1.47. The van der Waals surface area contributed by atoms with Gasteiger partial charge in [0.25, 0.3) is 5.91 Å². The van der Waals surface area contributed by atoms with Gasteiger partial charge < -0.3 is 5.32 Å². The molecule has 0 fully saturated rings. The first-order valence-electron chi connectivity index (χ1n) is 6.25. The molecule has 3 nitrogen and oxygen atoms in total. The summed E-state index contributed by atoms with van der Waals surface area (Å²) in [7, 11) is 0. The molecule has 0 aliphatic rings. The van der Waals surface area contributed by atoms with Crippen molar-refractivity contribution < 1.29 is 4.79 Å². The van der Waals surface area contributed by atoms with E-state index in [9.17, 15) is 4.79 Å². The molecule has 3 aromatic rings. The van der Waals surface area contributed by atoms with Gasteiger partial charge in [0.2, 0.25) is 0 Å². The summed E-state index contributed by atoms with van der Waals surface area (Å²) in [6.07, 6.45) is 1.73. The van der Waals surface area contributed by atoms with Gasteiger partial charge in [-0.3, -0.25) is 9.78 Å². The van der Waals surface area contributed by atoms with E-state index in [1.165, 1.54) is 0 Å². The minimum atomic E-state index is -0.143. The summed E-state index contributed by atoms with van der Waals surface area (Å²) in [6.45, 7) is 0. The number of carbonyl (C=O) groups is 1. The number of nitrogens with zero attached hydrogens (tertiary/aromatic N) is 1. The Kier molecular flexibility index (Phi) is 4.21. The molecule has 1 heterocycles. The largest absolute Gasteiger partial charge is 0.320 e. The molecule has 0 saturated carbocycles. The monoisotopic (exact) mass is 452 g/mol. The maximum absolute atomic E-state index is 12.3. The van der Waals surface area contributed by atoms with E-state index in [-0.39, 0.29) is 5.91 Å². The van der Waals surface area contributed by atoms with Gasteiger partial charge in [-0.1, -0.05) is 22.0 Å². The standard InChI is InChI=1S/C16H10BrIN2O/c17-11-5-3-10(4-6-11)16(21)20-14-8-7-13(18)12-2-1-9-19-15(12)14/h1-9H,(H,20,21). The summed E-state index contributed by atoms with van der Waals surface area (Å²) >= 11 is 5.63. The Morgan fingerprint density at radius 1 is 1.10 bits per heavy atom. The highest BCUT2D eigenvalue weighted by Gasteiger charge is 2.10. The van der Waals surface area contributed by atoms with Gasteiger partial charge in [-0.15, -0.1) is 0 Å². The Morgan fingerprint density at radius 2 is 1.86 bits per heavy atom. The van der Waals surface area contributed by atoms with E-state index in [0.29, 0.717) is 5.56 Å². The molecule has 0 aliphatic heterocycles. The van der Waals surface area contributed by atoms with E-state index < -0.39 is 0 Å². The van der Waals surface area contributed by atoms with E-state index >= 15 is 0 Å². The summed E-state index contributed by atoms with van der Waals surface area (Å²) in [6, 6.07) is 15.0. The van der Waals surface area contributed by atoms with Crippen LogP contribution in [-0.2, 0) is 0 Å². The van der Waals surface area contributed by atoms with Crippen LogP contribution in [0.15, 0.2) is 59.2 Å². The maximum atomic E-state index is 12.3. The fourth-order valence-corrected chi connectivity index (χ4v) is 2.91. The third kappa shape index (κ3) is 3.08. The lowest BCUT2D eigenvalue weighted by molar-refractivity contribution is 0.102. The Morgan fingerprint density at radius 3 is 2.62 bits per heavy atom. The number of pyridine rings is 1. The van der Waals surface area contributed by atoms with Crippen LogP contribution in [0.1, 0.15) is 10.4 Å². The lowest BCUT2D eigenvalue weighted by Crippen LogP contribution is -2.12. The maximum Gasteiger partial charge on any atom is 0.255 e. The number of amides is 1. The molecule has 104 valence electrons. The van der Waals surface area contributed by atoms with Crippen molar-refractivity contribution in [3.8, 4) is 0 Å². The molecule has 0 saturated heterocycles. The van der Waals surface area contributed by atoms with Crippen LogP contribution in [-0.4, -0.2) is 10.9 Å². The lowest BCUT2D eigenvalue weighted by atomic mass is 10.1. The van der Waals surface area contributed by atoms with Crippen molar-refractivity contribution in [2.45, 2.75) is 0 Å². The number of anilines is 1. The van der Waals surface area contributed by atoms with Gasteiger partial charge in [-0.25, -0.2) is 0 Å². The first kappa shape index (κ1) is 14.5. The van der Waals surface area contributed by atoms with Gasteiger partial charge in [0.05, 0.1) is 11.2 Å². The molecular weight excluding hydrogens is 443 g/mol. The van der Waals surface area contributed by atoms with E-state index in [1.807, 2.05) is 36.4 Å². The predicted octanol–water partition coefficient (Wildman–Crippen LogP) is 4.85. The van der Waals surface area contributed by atoms with Crippen molar-refractivity contribution in [3.05, 3.63) is 68.3 Å². The van der Waals surface area contributed by atoms with Crippen LogP contribution in [0.2, 0.25) is 0 Å². The molecule has 5 heteroatoms. The van der Waals surface area contributed by atoms with Crippen LogP contribution in [0.25, 0.3) is 10.9 Å². The fraction of sp³-hybridized carbons (Fsp3) is 0. The topological polar surface area (TPSA) is 42.0 Å². The van der Waals surface area contributed by atoms with E-state index in [1.54, 1.807) is 18.3 Å². The molecule has 0 spiro atoms. The number of halogens is 2. The van der Waals surface area contributed by atoms with E-state index in [4.69, 9.17) is 0 Å². The van der Waals surface area contributed by atoms with Gasteiger partial charge in [-0.2, -0.15) is 0 Å². The molecule has 0 atom stereocenters. The van der Waals surface area contributed by atoms with Gasteiger partial charge in [0.15, 0.2) is 0 Å². The minimum Gasteiger partial charge on any atom is -0.320 e. The van der Waals surface area contributed by atoms with Crippen molar-refractivity contribution in [2.75, 3.05) is 5.32 Å². The number of hydrogen-bond acceptors (Lipinski definition) is 2. The molecule has 1 amide bonds. The highest BCUT2D eigenvalue weighted by Crippen LogP contribution is 2.26. The first-order chi connectivity index (χ1) is 10.1. The molecule has 2 aromatic carbocycles. The second-order valence-corrected chi connectivity index (χ2v) is 6.53. The van der Waals surface area contributed by atoms with Crippen molar-refractivity contribution in [1.29, 1.82) is 0 Å². The summed E-state index contributed by atoms with van der Waals surface area (Å²) in [5.41, 5.74) is 2.13. The zero-order valence-electron chi connectivity index (χ0n) is 10.8. The Bertz CT molecular complexity index is 818. The zero-order valence-corrected chi connectivity index (χ0v) is 14.6. The molecular formula is C16H10BrIN2O. The fourth-order valence-electron chi connectivity index (χ4n) is 2.03. The highest BCUT2D eigenvalue weighted by atomic mass is 127. The minimum absolute atomic E-state index is 0.143. The molecule has 1 N–H and O–H groups in total. The molecule has 0 bridgehead atoms. The highest BCUT2D eigenvalue weighted by molar-refractivity contribution is 14.1. The predicted molar refractivity (Wildman–Crippen MR) is 96.6 cm³/mol. The average molecular weight is 453 g/mol. The summed E-state index contributed by atoms with van der Waals surface area (Å²) in [4.78, 5) is 16.7. The molecule has 3 rings (SSSR count). The number of nitrogens with one attached hydrogen (secondary N) is 1. The number of benzene rings is 2. The van der Waals surface area contributed by atoms with Crippen LogP contribution >= 0.6 is 38.5 Å². The van der Waals surface area contributed by atoms with Crippen LogP contribution in [0.4, 0.5) is 5.69 Å². The quantitative estimate of drug-likeness (QED) is 0.564. The Labute approximate surface area is 144 Å².